The van der Waals surface area contributed by atoms with Crippen LogP contribution in [0.3, 0.4) is 0 Å². The molecule has 7 nitrogen and oxygen atoms in total. The van der Waals surface area contributed by atoms with Crippen molar-refractivity contribution in [1.29, 1.82) is 0 Å². The lowest BCUT2D eigenvalue weighted by Crippen LogP contribution is -2.25. The van der Waals surface area contributed by atoms with Gasteiger partial charge in [-0.1, -0.05) is 0 Å². The Morgan fingerprint density at radius 1 is 0.944 bits per heavy atom. The third kappa shape index (κ3) is 6.10. The van der Waals surface area contributed by atoms with Gasteiger partial charge in [-0.15, -0.1) is 0 Å². The smallest absolute Gasteiger partial charge is 0.264 e. The maximum atomic E-state index is 10.9. The molecule has 1 rings (SSSR count). The molecule has 18 heavy (non-hydrogen) atoms. The molecule has 0 unspecified atom stereocenters. The molecule has 0 aliphatic carbocycles. The SMILES string of the molecule is CN1C[C@@H](COS(C)(=O)=O)[C@@H](COS(C)(=O)=O)C1. The highest BCUT2D eigenvalue weighted by Gasteiger charge is 2.32. The zero-order valence-corrected chi connectivity index (χ0v) is 12.3. The third-order valence-electron chi connectivity index (χ3n) is 2.75. The minimum Gasteiger partial charge on any atom is -0.306 e. The predicted octanol–water partition coefficient (Wildman–Crippen LogP) is -0.883. The van der Waals surface area contributed by atoms with E-state index in [4.69, 9.17) is 8.37 Å². The first-order valence-electron chi connectivity index (χ1n) is 5.44. The summed E-state index contributed by atoms with van der Waals surface area (Å²) in [6, 6.07) is 0. The van der Waals surface area contributed by atoms with Gasteiger partial charge in [-0.25, -0.2) is 0 Å². The molecule has 0 amide bonds. The Morgan fingerprint density at radius 2 is 1.28 bits per heavy atom. The monoisotopic (exact) mass is 301 g/mol. The van der Waals surface area contributed by atoms with Crippen molar-refractivity contribution in [3.63, 3.8) is 0 Å². The predicted molar refractivity (Wildman–Crippen MR) is 66.1 cm³/mol. The maximum Gasteiger partial charge on any atom is 0.264 e. The van der Waals surface area contributed by atoms with Gasteiger partial charge in [0.1, 0.15) is 0 Å². The molecule has 0 spiro atoms. The van der Waals surface area contributed by atoms with Crippen LogP contribution in [0.4, 0.5) is 0 Å². The molecule has 0 N–H and O–H groups in total. The van der Waals surface area contributed by atoms with Crippen LogP contribution in [-0.4, -0.2) is 67.6 Å². The van der Waals surface area contributed by atoms with Crippen molar-refractivity contribution >= 4 is 20.2 Å². The lowest BCUT2D eigenvalue weighted by Gasteiger charge is -2.16. The molecule has 1 saturated heterocycles. The molecule has 1 aliphatic rings. The second-order valence-corrected chi connectivity index (χ2v) is 8.01. The fourth-order valence-electron chi connectivity index (χ4n) is 1.97. The first-order chi connectivity index (χ1) is 8.07. The van der Waals surface area contributed by atoms with E-state index in [9.17, 15) is 16.8 Å². The summed E-state index contributed by atoms with van der Waals surface area (Å²) < 4.78 is 53.2. The minimum atomic E-state index is -3.47. The summed E-state index contributed by atoms with van der Waals surface area (Å²) in [6.07, 6.45) is 1.99. The van der Waals surface area contributed by atoms with E-state index in [1.165, 1.54) is 0 Å². The van der Waals surface area contributed by atoms with E-state index >= 15 is 0 Å². The lowest BCUT2D eigenvalue weighted by molar-refractivity contribution is 0.182. The average molecular weight is 301 g/mol. The quantitative estimate of drug-likeness (QED) is 0.588. The van der Waals surface area contributed by atoms with Crippen molar-refractivity contribution in [1.82, 2.24) is 4.90 Å². The van der Waals surface area contributed by atoms with Gasteiger partial charge in [0.05, 0.1) is 25.7 Å². The molecule has 0 radical (unpaired) electrons. The number of nitrogens with zero attached hydrogens (tertiary/aromatic N) is 1. The van der Waals surface area contributed by atoms with Gasteiger partial charge in [0, 0.05) is 24.9 Å². The Labute approximate surface area is 108 Å². The molecule has 1 fully saturated rings. The van der Waals surface area contributed by atoms with Gasteiger partial charge < -0.3 is 4.90 Å². The van der Waals surface area contributed by atoms with Crippen LogP contribution < -0.4 is 0 Å². The summed E-state index contributed by atoms with van der Waals surface area (Å²) in [5.74, 6) is -0.0991. The van der Waals surface area contributed by atoms with E-state index in [1.807, 2.05) is 11.9 Å². The Morgan fingerprint density at radius 3 is 1.56 bits per heavy atom. The molecule has 9 heteroatoms. The number of likely N-dealkylation sites (tertiary alicyclic amines) is 1. The van der Waals surface area contributed by atoms with Gasteiger partial charge in [0.25, 0.3) is 20.2 Å². The van der Waals surface area contributed by atoms with E-state index < -0.39 is 20.2 Å². The van der Waals surface area contributed by atoms with Gasteiger partial charge >= 0.3 is 0 Å². The van der Waals surface area contributed by atoms with Gasteiger partial charge in [-0.05, 0) is 7.05 Å². The number of hydrogen-bond acceptors (Lipinski definition) is 7. The Balaban J connectivity index is 2.54. The topological polar surface area (TPSA) is 90.0 Å². The molecule has 0 saturated carbocycles. The van der Waals surface area contributed by atoms with Crippen LogP contribution in [0.15, 0.2) is 0 Å². The summed E-state index contributed by atoms with van der Waals surface area (Å²) in [6.45, 7) is 1.43. The third-order valence-corrected chi connectivity index (χ3v) is 3.88. The van der Waals surface area contributed by atoms with Crippen LogP contribution in [0.2, 0.25) is 0 Å². The van der Waals surface area contributed by atoms with Crippen LogP contribution in [0.25, 0.3) is 0 Å². The van der Waals surface area contributed by atoms with Crippen LogP contribution in [-0.2, 0) is 28.6 Å². The van der Waals surface area contributed by atoms with Crippen molar-refractivity contribution in [3.05, 3.63) is 0 Å². The van der Waals surface area contributed by atoms with Gasteiger partial charge in [-0.2, -0.15) is 16.8 Å². The maximum absolute atomic E-state index is 10.9. The first-order valence-corrected chi connectivity index (χ1v) is 9.07. The molecular weight excluding hydrogens is 282 g/mol. The first kappa shape index (κ1) is 15.8. The normalized spacial score (nSPS) is 26.6. The molecule has 1 heterocycles. The Kier molecular flexibility index (Phi) is 5.13. The highest BCUT2D eigenvalue weighted by molar-refractivity contribution is 7.86. The van der Waals surface area contributed by atoms with Crippen molar-refractivity contribution in [2.45, 2.75) is 0 Å². The molecule has 0 aromatic heterocycles. The summed E-state index contributed by atoms with van der Waals surface area (Å²) in [5, 5.41) is 0. The second-order valence-electron chi connectivity index (χ2n) is 4.72. The zero-order chi connectivity index (χ0) is 14.0. The average Bonchev–Trinajstić information content (AvgIpc) is 2.51. The van der Waals surface area contributed by atoms with Crippen molar-refractivity contribution < 1.29 is 25.2 Å². The highest BCUT2D eigenvalue weighted by Crippen LogP contribution is 2.23. The summed E-state index contributed by atoms with van der Waals surface area (Å²) in [7, 11) is -5.06. The van der Waals surface area contributed by atoms with Crippen molar-refractivity contribution in [2.24, 2.45) is 11.8 Å². The molecular formula is C9H19NO6S2. The second kappa shape index (κ2) is 5.83. The minimum absolute atomic E-state index is 0.0496. The number of hydrogen-bond donors (Lipinski definition) is 0. The van der Waals surface area contributed by atoms with Crippen molar-refractivity contribution in [2.75, 3.05) is 45.9 Å². The van der Waals surface area contributed by atoms with Gasteiger partial charge in [-0.3, -0.25) is 8.37 Å². The van der Waals surface area contributed by atoms with Crippen LogP contribution >= 0.6 is 0 Å². The van der Waals surface area contributed by atoms with Gasteiger partial charge in [0.15, 0.2) is 0 Å². The van der Waals surface area contributed by atoms with Crippen LogP contribution in [0.1, 0.15) is 0 Å². The van der Waals surface area contributed by atoms with E-state index in [0.29, 0.717) is 13.1 Å². The fraction of sp³-hybridized carbons (Fsp3) is 1.00. The molecule has 0 bridgehead atoms. The zero-order valence-electron chi connectivity index (χ0n) is 10.7. The lowest BCUT2D eigenvalue weighted by atomic mass is 9.98. The molecule has 0 aromatic rings. The summed E-state index contributed by atoms with van der Waals surface area (Å²) >= 11 is 0. The van der Waals surface area contributed by atoms with Gasteiger partial charge in [0.2, 0.25) is 0 Å². The van der Waals surface area contributed by atoms with Crippen LogP contribution in [0, 0.1) is 11.8 Å². The fourth-order valence-corrected chi connectivity index (χ4v) is 2.82. The summed E-state index contributed by atoms with van der Waals surface area (Å²) in [5.41, 5.74) is 0. The summed E-state index contributed by atoms with van der Waals surface area (Å²) in [4.78, 5) is 1.99. The van der Waals surface area contributed by atoms with E-state index in [1.54, 1.807) is 0 Å². The van der Waals surface area contributed by atoms with E-state index in [0.717, 1.165) is 12.5 Å². The highest BCUT2D eigenvalue weighted by atomic mass is 32.2. The Bertz CT molecular complexity index is 427. The van der Waals surface area contributed by atoms with E-state index in [2.05, 4.69) is 0 Å². The standard InChI is InChI=1S/C9H19NO6S2/c1-10-4-8(6-15-17(2,11)12)9(5-10)7-16-18(3,13)14/h8-9H,4-7H2,1-3H3/t8-,9+. The van der Waals surface area contributed by atoms with E-state index in [-0.39, 0.29) is 25.0 Å². The number of rotatable bonds is 6. The molecule has 0 aromatic carbocycles. The van der Waals surface area contributed by atoms with Crippen LogP contribution in [0.5, 0.6) is 0 Å². The largest absolute Gasteiger partial charge is 0.306 e. The Hall–Kier alpha value is -0.220. The molecule has 108 valence electrons. The van der Waals surface area contributed by atoms with Crippen molar-refractivity contribution in [3.8, 4) is 0 Å². The molecule has 2 atom stereocenters. The molecule has 1 aliphatic heterocycles.